The number of hydrogen-bond acceptors (Lipinski definition) is 5. The third-order valence-electron chi connectivity index (χ3n) is 3.12. The minimum absolute atomic E-state index is 0.0533. The van der Waals surface area contributed by atoms with E-state index in [-0.39, 0.29) is 17.0 Å². The van der Waals surface area contributed by atoms with Crippen LogP contribution in [0.25, 0.3) is 0 Å². The molecule has 0 aromatic heterocycles. The molecule has 0 radical (unpaired) electrons. The van der Waals surface area contributed by atoms with Crippen LogP contribution in [0.15, 0.2) is 38.8 Å². The fraction of sp³-hybridized carbons (Fsp3) is 0.214. The van der Waals surface area contributed by atoms with E-state index in [4.69, 9.17) is 0 Å². The summed E-state index contributed by atoms with van der Waals surface area (Å²) in [7, 11) is -3.04. The number of rotatable bonds is 4. The lowest BCUT2D eigenvalue weighted by Crippen LogP contribution is -2.37. The lowest BCUT2D eigenvalue weighted by atomic mass is 10.2. The molecule has 1 N–H and O–H groups in total. The van der Waals surface area contributed by atoms with Gasteiger partial charge in [0.15, 0.2) is 0 Å². The molecular weight excluding hydrogens is 421 g/mol. The second-order valence-electron chi connectivity index (χ2n) is 4.91. The molecule has 0 fully saturated rings. The number of ether oxygens (including phenoxy) is 1. The number of carbonyl (C=O) groups excluding carboxylic acids is 2. The summed E-state index contributed by atoms with van der Waals surface area (Å²) in [4.78, 5) is 23.7. The van der Waals surface area contributed by atoms with Crippen LogP contribution in [0.1, 0.15) is 6.92 Å². The fourth-order valence-electron chi connectivity index (χ4n) is 1.94. The lowest BCUT2D eigenvalue weighted by Gasteiger charge is -2.22. The summed E-state index contributed by atoms with van der Waals surface area (Å²) in [6.07, 6.45) is 0.959. The third-order valence-corrected chi connectivity index (χ3v) is 4.95. The molecule has 0 atom stereocenters. The van der Waals surface area contributed by atoms with Crippen LogP contribution < -0.4 is 5.32 Å². The van der Waals surface area contributed by atoms with Gasteiger partial charge in [-0.05, 0) is 25.1 Å². The van der Waals surface area contributed by atoms with E-state index in [0.29, 0.717) is 8.78 Å². The maximum absolute atomic E-state index is 13.7. The van der Waals surface area contributed by atoms with E-state index in [1.807, 2.05) is 0 Å². The van der Waals surface area contributed by atoms with Gasteiger partial charge in [-0.2, -0.15) is 8.42 Å². The molecule has 11 heteroatoms. The molecule has 0 unspecified atom stereocenters. The Kier molecular flexibility index (Phi) is 5.58. The van der Waals surface area contributed by atoms with Crippen LogP contribution in [-0.4, -0.2) is 44.0 Å². The number of esters is 1. The van der Waals surface area contributed by atoms with Crippen molar-refractivity contribution < 1.29 is 27.1 Å². The number of hydrogen-bond donors (Lipinski definition) is 1. The molecule has 2 rings (SSSR count). The molecule has 1 amide bonds. The van der Waals surface area contributed by atoms with Gasteiger partial charge in [0.05, 0.1) is 24.1 Å². The van der Waals surface area contributed by atoms with E-state index in [9.17, 15) is 22.4 Å². The third kappa shape index (κ3) is 4.42. The largest absolute Gasteiger partial charge is 0.465 e. The molecule has 0 saturated heterocycles. The molecule has 25 heavy (non-hydrogen) atoms. The Labute approximate surface area is 151 Å². The minimum atomic E-state index is -4.18. The molecule has 0 bridgehead atoms. The molecule has 1 aliphatic rings. The predicted molar refractivity (Wildman–Crippen MR) is 91.6 cm³/mol. The average Bonchev–Trinajstić information content (AvgIpc) is 2.51. The number of nitrogens with zero attached hydrogens (tertiary/aromatic N) is 2. The van der Waals surface area contributed by atoms with Gasteiger partial charge in [0.2, 0.25) is 5.91 Å². The zero-order valence-corrected chi connectivity index (χ0v) is 15.5. The fourth-order valence-corrected chi connectivity index (χ4v) is 3.34. The first-order valence-electron chi connectivity index (χ1n) is 6.78. The maximum atomic E-state index is 13.7. The van der Waals surface area contributed by atoms with Crippen LogP contribution in [-0.2, 0) is 24.5 Å². The van der Waals surface area contributed by atoms with E-state index < -0.39 is 34.4 Å². The van der Waals surface area contributed by atoms with Gasteiger partial charge in [-0.25, -0.2) is 13.5 Å². The Morgan fingerprint density at radius 2 is 2.08 bits per heavy atom. The van der Waals surface area contributed by atoms with E-state index in [0.717, 1.165) is 19.4 Å². The molecule has 0 saturated carbocycles. The number of methoxy groups -OCH3 is 1. The molecule has 0 aliphatic carbocycles. The van der Waals surface area contributed by atoms with Crippen LogP contribution in [0.4, 0.5) is 10.1 Å². The summed E-state index contributed by atoms with van der Waals surface area (Å²) in [5.41, 5.74) is -0.262. The average molecular weight is 434 g/mol. The molecule has 0 spiro atoms. The highest BCUT2D eigenvalue weighted by molar-refractivity contribution is 9.10. The summed E-state index contributed by atoms with van der Waals surface area (Å²) in [5.74, 6) is -2.29. The van der Waals surface area contributed by atoms with Crippen molar-refractivity contribution in [1.29, 1.82) is 0 Å². The highest BCUT2D eigenvalue weighted by Crippen LogP contribution is 2.20. The van der Waals surface area contributed by atoms with Gasteiger partial charge in [0.25, 0.3) is 0 Å². The summed E-state index contributed by atoms with van der Waals surface area (Å²) >= 11 is 3.08. The number of benzene rings is 1. The normalized spacial score (nSPS) is 15.9. The topological polar surface area (TPSA) is 105 Å². The predicted octanol–water partition coefficient (Wildman–Crippen LogP) is 1.60. The van der Waals surface area contributed by atoms with Crippen LogP contribution in [0, 0.1) is 5.82 Å². The molecule has 1 aromatic rings. The maximum Gasteiger partial charge on any atom is 0.344 e. The van der Waals surface area contributed by atoms with Crippen molar-refractivity contribution >= 4 is 49.4 Å². The second-order valence-corrected chi connectivity index (χ2v) is 7.37. The van der Waals surface area contributed by atoms with Crippen LogP contribution in [0.2, 0.25) is 0 Å². The van der Waals surface area contributed by atoms with Crippen LogP contribution >= 0.6 is 15.9 Å². The number of carbonyl (C=O) groups is 2. The van der Waals surface area contributed by atoms with Gasteiger partial charge in [0.1, 0.15) is 12.4 Å². The summed E-state index contributed by atoms with van der Waals surface area (Å²) in [6, 6.07) is 3.98. The first-order valence-corrected chi connectivity index (χ1v) is 8.97. The van der Waals surface area contributed by atoms with Crippen molar-refractivity contribution in [3.05, 3.63) is 40.3 Å². The van der Waals surface area contributed by atoms with Crippen molar-refractivity contribution in [2.75, 3.05) is 19.0 Å². The SMILES string of the molecule is COC(=O)C1=CN(CC(=O)Nc2ccc(Br)cc2F)S(=O)(=O)N=C1C. The first-order chi connectivity index (χ1) is 11.6. The van der Waals surface area contributed by atoms with Crippen molar-refractivity contribution in [3.63, 3.8) is 0 Å². The summed E-state index contributed by atoms with van der Waals surface area (Å²) in [6.45, 7) is 0.643. The molecule has 8 nitrogen and oxygen atoms in total. The molecular formula is C14H13BrFN3O5S. The summed E-state index contributed by atoms with van der Waals surface area (Å²) < 4.78 is 46.8. The van der Waals surface area contributed by atoms with Gasteiger partial charge < -0.3 is 10.1 Å². The van der Waals surface area contributed by atoms with Gasteiger partial charge in [-0.15, -0.1) is 4.40 Å². The first kappa shape index (κ1) is 19.1. The number of nitrogens with one attached hydrogen (secondary N) is 1. The van der Waals surface area contributed by atoms with Crippen LogP contribution in [0.5, 0.6) is 0 Å². The zero-order chi connectivity index (χ0) is 18.8. The highest BCUT2D eigenvalue weighted by atomic mass is 79.9. The Bertz CT molecular complexity index is 898. The van der Waals surface area contributed by atoms with E-state index >= 15 is 0 Å². The van der Waals surface area contributed by atoms with Gasteiger partial charge in [-0.1, -0.05) is 15.9 Å². The molecule has 1 heterocycles. The Morgan fingerprint density at radius 1 is 1.40 bits per heavy atom. The highest BCUT2D eigenvalue weighted by Gasteiger charge is 2.30. The van der Waals surface area contributed by atoms with Crippen LogP contribution in [0.3, 0.4) is 0 Å². The van der Waals surface area contributed by atoms with Crippen molar-refractivity contribution in [3.8, 4) is 0 Å². The standard InChI is InChI=1S/C14H13BrFN3O5S/c1-8-10(14(21)24-2)6-19(25(22,23)18-8)7-13(20)17-12-4-3-9(15)5-11(12)16/h3-6H,7H2,1-2H3,(H,17,20). The quantitative estimate of drug-likeness (QED) is 0.725. The Hall–Kier alpha value is -2.27. The molecule has 1 aromatic carbocycles. The van der Waals surface area contributed by atoms with Crippen molar-refractivity contribution in [2.45, 2.75) is 6.92 Å². The van der Waals surface area contributed by atoms with E-state index in [1.165, 1.54) is 19.1 Å². The number of anilines is 1. The Balaban J connectivity index is 2.21. The number of halogens is 2. The zero-order valence-electron chi connectivity index (χ0n) is 13.1. The van der Waals surface area contributed by atoms with Crippen molar-refractivity contribution in [1.82, 2.24) is 4.31 Å². The van der Waals surface area contributed by atoms with E-state index in [2.05, 4.69) is 30.4 Å². The van der Waals surface area contributed by atoms with Crippen molar-refractivity contribution in [2.24, 2.45) is 4.40 Å². The number of amides is 1. The monoisotopic (exact) mass is 433 g/mol. The lowest BCUT2D eigenvalue weighted by molar-refractivity contribution is -0.135. The summed E-state index contributed by atoms with van der Waals surface area (Å²) in [5, 5.41) is 2.26. The minimum Gasteiger partial charge on any atom is -0.465 e. The second kappa shape index (κ2) is 7.31. The smallest absolute Gasteiger partial charge is 0.344 e. The Morgan fingerprint density at radius 3 is 2.68 bits per heavy atom. The van der Waals surface area contributed by atoms with Gasteiger partial charge in [0, 0.05) is 10.7 Å². The van der Waals surface area contributed by atoms with E-state index in [1.54, 1.807) is 0 Å². The van der Waals surface area contributed by atoms with Gasteiger partial charge >= 0.3 is 16.2 Å². The molecule has 1 aliphatic heterocycles. The van der Waals surface area contributed by atoms with Gasteiger partial charge in [-0.3, -0.25) is 4.79 Å². The molecule has 134 valence electrons.